The molecular weight excluding hydrogens is 334 g/mol. The molecule has 27 heavy (non-hydrogen) atoms. The van der Waals surface area contributed by atoms with Crippen LogP contribution in [0.15, 0.2) is 24.3 Å². The second-order valence-electron chi connectivity index (χ2n) is 8.48. The maximum atomic E-state index is 13.0. The molecule has 1 N–H and O–H groups in total. The molecule has 1 aromatic carbocycles. The van der Waals surface area contributed by atoms with Gasteiger partial charge in [0.2, 0.25) is 0 Å². The number of hydrogen-bond donors (Lipinski definition) is 1. The molecule has 4 heteroatoms. The summed E-state index contributed by atoms with van der Waals surface area (Å²) < 4.78 is 2.20. The Labute approximate surface area is 162 Å². The highest BCUT2D eigenvalue weighted by molar-refractivity contribution is 5.96. The standard InChI is InChI=1S/C23H31N3O/c1-15-11-16(2)13-21(12-15)26-17(3)14-22(18(26)4)23(27)24-19-7-9-25(10-8-19)20-5-6-20/h11-14,19-20H,5-10H2,1-4H3,(H,24,27). The summed E-state index contributed by atoms with van der Waals surface area (Å²) in [4.78, 5) is 15.5. The van der Waals surface area contributed by atoms with Crippen LogP contribution in [-0.4, -0.2) is 40.5 Å². The van der Waals surface area contributed by atoms with Crippen molar-refractivity contribution in [2.45, 2.75) is 65.5 Å². The monoisotopic (exact) mass is 365 g/mol. The zero-order valence-electron chi connectivity index (χ0n) is 17.0. The van der Waals surface area contributed by atoms with Crippen molar-refractivity contribution < 1.29 is 4.79 Å². The maximum Gasteiger partial charge on any atom is 0.253 e. The molecule has 144 valence electrons. The minimum Gasteiger partial charge on any atom is -0.349 e. The van der Waals surface area contributed by atoms with E-state index in [1.165, 1.54) is 24.0 Å². The molecule has 1 saturated heterocycles. The number of amides is 1. The zero-order chi connectivity index (χ0) is 19.1. The Balaban J connectivity index is 1.49. The van der Waals surface area contributed by atoms with Crippen LogP contribution < -0.4 is 5.32 Å². The minimum atomic E-state index is 0.0728. The summed E-state index contributed by atoms with van der Waals surface area (Å²) in [6.45, 7) is 10.6. The van der Waals surface area contributed by atoms with E-state index in [0.717, 1.165) is 54.6 Å². The summed E-state index contributed by atoms with van der Waals surface area (Å²) in [5.74, 6) is 0.0728. The number of hydrogen-bond acceptors (Lipinski definition) is 2. The molecule has 0 bridgehead atoms. The smallest absolute Gasteiger partial charge is 0.253 e. The van der Waals surface area contributed by atoms with Gasteiger partial charge in [-0.05, 0) is 82.7 Å². The van der Waals surface area contributed by atoms with E-state index in [2.05, 4.69) is 60.7 Å². The topological polar surface area (TPSA) is 37.3 Å². The first-order valence-electron chi connectivity index (χ1n) is 10.2. The molecule has 0 unspecified atom stereocenters. The van der Waals surface area contributed by atoms with E-state index in [4.69, 9.17) is 0 Å². The highest BCUT2D eigenvalue weighted by Crippen LogP contribution is 2.29. The Morgan fingerprint density at radius 2 is 1.56 bits per heavy atom. The molecule has 2 aromatic rings. The Hall–Kier alpha value is -2.07. The summed E-state index contributed by atoms with van der Waals surface area (Å²) in [5.41, 5.74) is 6.55. The van der Waals surface area contributed by atoms with Crippen molar-refractivity contribution >= 4 is 5.91 Å². The number of rotatable bonds is 4. The third kappa shape index (κ3) is 3.81. The number of aryl methyl sites for hydroxylation is 3. The molecule has 1 aliphatic heterocycles. The summed E-state index contributed by atoms with van der Waals surface area (Å²) in [7, 11) is 0. The first-order valence-corrected chi connectivity index (χ1v) is 10.2. The second kappa shape index (κ2) is 7.16. The van der Waals surface area contributed by atoms with Crippen LogP contribution >= 0.6 is 0 Å². The average Bonchev–Trinajstić information content (AvgIpc) is 3.40. The Morgan fingerprint density at radius 3 is 2.15 bits per heavy atom. The molecule has 1 saturated carbocycles. The van der Waals surface area contributed by atoms with Crippen molar-refractivity contribution in [3.8, 4) is 5.69 Å². The summed E-state index contributed by atoms with van der Waals surface area (Å²) in [6.07, 6.45) is 4.86. The fraction of sp³-hybridized carbons (Fsp3) is 0.522. The lowest BCUT2D eigenvalue weighted by Crippen LogP contribution is -2.45. The summed E-state index contributed by atoms with van der Waals surface area (Å²) >= 11 is 0. The fourth-order valence-corrected chi connectivity index (χ4v) is 4.58. The molecule has 1 aromatic heterocycles. The second-order valence-corrected chi connectivity index (χ2v) is 8.48. The van der Waals surface area contributed by atoms with E-state index < -0.39 is 0 Å². The van der Waals surface area contributed by atoms with Crippen LogP contribution in [0.3, 0.4) is 0 Å². The van der Waals surface area contributed by atoms with E-state index >= 15 is 0 Å². The molecule has 0 atom stereocenters. The third-order valence-electron chi connectivity index (χ3n) is 6.07. The van der Waals surface area contributed by atoms with Crippen LogP contribution in [-0.2, 0) is 0 Å². The zero-order valence-corrected chi connectivity index (χ0v) is 17.0. The van der Waals surface area contributed by atoms with Gasteiger partial charge in [-0.15, -0.1) is 0 Å². The molecule has 4 nitrogen and oxygen atoms in total. The lowest BCUT2D eigenvalue weighted by molar-refractivity contribution is 0.0908. The Morgan fingerprint density at radius 1 is 0.926 bits per heavy atom. The number of piperidine rings is 1. The molecule has 2 aliphatic rings. The van der Waals surface area contributed by atoms with Gasteiger partial charge < -0.3 is 14.8 Å². The normalized spacial score (nSPS) is 18.7. The molecule has 4 rings (SSSR count). The Bertz CT molecular complexity index is 834. The van der Waals surface area contributed by atoms with Crippen LogP contribution in [0.1, 0.15) is 58.6 Å². The SMILES string of the molecule is Cc1cc(C)cc(-n2c(C)cc(C(=O)NC3CCN(C4CC4)CC3)c2C)c1. The van der Waals surface area contributed by atoms with Crippen LogP contribution in [0.2, 0.25) is 0 Å². The van der Waals surface area contributed by atoms with E-state index in [1.54, 1.807) is 0 Å². The number of benzene rings is 1. The number of carbonyl (C=O) groups excluding carboxylic acids is 1. The van der Waals surface area contributed by atoms with Gasteiger partial charge in [0.15, 0.2) is 0 Å². The van der Waals surface area contributed by atoms with Gasteiger partial charge in [0.05, 0.1) is 5.56 Å². The maximum absolute atomic E-state index is 13.0. The van der Waals surface area contributed by atoms with Gasteiger partial charge in [0.25, 0.3) is 5.91 Å². The van der Waals surface area contributed by atoms with E-state index in [-0.39, 0.29) is 5.91 Å². The largest absolute Gasteiger partial charge is 0.349 e. The number of carbonyl (C=O) groups is 1. The number of nitrogens with one attached hydrogen (secondary N) is 1. The quantitative estimate of drug-likeness (QED) is 0.887. The third-order valence-corrected chi connectivity index (χ3v) is 6.07. The van der Waals surface area contributed by atoms with Crippen molar-refractivity contribution in [2.24, 2.45) is 0 Å². The number of nitrogens with zero attached hydrogens (tertiary/aromatic N) is 2. The minimum absolute atomic E-state index is 0.0728. The lowest BCUT2D eigenvalue weighted by Gasteiger charge is -2.32. The molecule has 0 spiro atoms. The molecule has 1 amide bonds. The van der Waals surface area contributed by atoms with Crippen molar-refractivity contribution in [1.29, 1.82) is 0 Å². The number of aromatic nitrogens is 1. The van der Waals surface area contributed by atoms with Gasteiger partial charge in [-0.1, -0.05) is 6.07 Å². The van der Waals surface area contributed by atoms with Crippen molar-refractivity contribution in [1.82, 2.24) is 14.8 Å². The van der Waals surface area contributed by atoms with Crippen molar-refractivity contribution in [3.63, 3.8) is 0 Å². The first-order chi connectivity index (χ1) is 12.9. The van der Waals surface area contributed by atoms with Gasteiger partial charge in [-0.3, -0.25) is 4.79 Å². The summed E-state index contributed by atoms with van der Waals surface area (Å²) in [6, 6.07) is 9.71. The van der Waals surface area contributed by atoms with Gasteiger partial charge in [-0.25, -0.2) is 0 Å². The Kier molecular flexibility index (Phi) is 4.85. The molecule has 0 radical (unpaired) electrons. The van der Waals surface area contributed by atoms with Crippen LogP contribution in [0.4, 0.5) is 0 Å². The molecular formula is C23H31N3O. The highest BCUT2D eigenvalue weighted by atomic mass is 16.1. The fourth-order valence-electron chi connectivity index (χ4n) is 4.58. The highest BCUT2D eigenvalue weighted by Gasteiger charge is 2.32. The number of likely N-dealkylation sites (tertiary alicyclic amines) is 1. The van der Waals surface area contributed by atoms with Crippen molar-refractivity contribution in [2.75, 3.05) is 13.1 Å². The van der Waals surface area contributed by atoms with Crippen LogP contribution in [0.25, 0.3) is 5.69 Å². The van der Waals surface area contributed by atoms with Crippen LogP contribution in [0, 0.1) is 27.7 Å². The van der Waals surface area contributed by atoms with E-state index in [0.29, 0.717) is 6.04 Å². The molecule has 1 aliphatic carbocycles. The summed E-state index contributed by atoms with van der Waals surface area (Å²) in [5, 5.41) is 3.29. The van der Waals surface area contributed by atoms with Gasteiger partial charge in [-0.2, -0.15) is 0 Å². The van der Waals surface area contributed by atoms with Gasteiger partial charge >= 0.3 is 0 Å². The predicted molar refractivity (Wildman–Crippen MR) is 110 cm³/mol. The van der Waals surface area contributed by atoms with Crippen molar-refractivity contribution in [3.05, 3.63) is 52.3 Å². The molecule has 2 heterocycles. The van der Waals surface area contributed by atoms with Gasteiger partial charge in [0, 0.05) is 42.2 Å². The predicted octanol–water partition coefficient (Wildman–Crippen LogP) is 4.07. The van der Waals surface area contributed by atoms with E-state index in [9.17, 15) is 4.79 Å². The average molecular weight is 366 g/mol. The van der Waals surface area contributed by atoms with Gasteiger partial charge in [0.1, 0.15) is 0 Å². The lowest BCUT2D eigenvalue weighted by atomic mass is 10.0. The van der Waals surface area contributed by atoms with Crippen LogP contribution in [0.5, 0.6) is 0 Å². The van der Waals surface area contributed by atoms with E-state index in [1.807, 2.05) is 6.07 Å². The first kappa shape index (κ1) is 18.3. The molecule has 2 fully saturated rings.